The van der Waals surface area contributed by atoms with E-state index >= 15 is 0 Å². The summed E-state index contributed by atoms with van der Waals surface area (Å²) in [7, 11) is 0. The van der Waals surface area contributed by atoms with Crippen molar-refractivity contribution in [2.24, 2.45) is 5.92 Å². The van der Waals surface area contributed by atoms with Crippen molar-refractivity contribution in [3.8, 4) is 0 Å². The summed E-state index contributed by atoms with van der Waals surface area (Å²) in [4.78, 5) is 0. The predicted octanol–water partition coefficient (Wildman–Crippen LogP) is 3.30. The Morgan fingerprint density at radius 1 is 1.29 bits per heavy atom. The van der Waals surface area contributed by atoms with E-state index in [0.29, 0.717) is 0 Å². The van der Waals surface area contributed by atoms with Crippen molar-refractivity contribution in [2.75, 3.05) is 18.1 Å². The van der Waals surface area contributed by atoms with Crippen LogP contribution in [0.5, 0.6) is 0 Å². The van der Waals surface area contributed by atoms with Gasteiger partial charge in [0.15, 0.2) is 0 Å². The fourth-order valence-electron chi connectivity index (χ4n) is 2.13. The second-order valence-electron chi connectivity index (χ2n) is 4.35. The first-order valence-corrected chi connectivity index (χ1v) is 7.33. The smallest absolute Gasteiger partial charge is 0.00670 e. The molecule has 0 aromatic heterocycles. The second kappa shape index (κ2) is 7.58. The molecule has 1 aliphatic heterocycles. The van der Waals surface area contributed by atoms with Gasteiger partial charge in [-0.05, 0) is 56.1 Å². The van der Waals surface area contributed by atoms with E-state index in [1.165, 1.54) is 50.2 Å². The maximum Gasteiger partial charge on any atom is 0.00670 e. The highest BCUT2D eigenvalue weighted by Crippen LogP contribution is 2.26. The largest absolute Gasteiger partial charge is 0.314 e. The third-order valence-corrected chi connectivity index (χ3v) is 4.18. The van der Waals surface area contributed by atoms with Crippen molar-refractivity contribution < 1.29 is 0 Å². The number of hydrogen-bond acceptors (Lipinski definition) is 2. The number of thioether (sulfide) groups is 1. The summed E-state index contributed by atoms with van der Waals surface area (Å²) in [6.07, 6.45) is 6.88. The van der Waals surface area contributed by atoms with E-state index in [0.717, 1.165) is 12.0 Å². The maximum atomic E-state index is 3.66. The zero-order chi connectivity index (χ0) is 10.2. The molecule has 1 nitrogen and oxygen atoms in total. The van der Waals surface area contributed by atoms with Crippen LogP contribution in [0, 0.1) is 5.92 Å². The third kappa shape index (κ3) is 4.70. The van der Waals surface area contributed by atoms with E-state index in [-0.39, 0.29) is 0 Å². The molecule has 0 aromatic rings. The van der Waals surface area contributed by atoms with Crippen molar-refractivity contribution in [3.63, 3.8) is 0 Å². The van der Waals surface area contributed by atoms with Crippen LogP contribution in [-0.2, 0) is 0 Å². The molecule has 0 spiro atoms. The zero-order valence-electron chi connectivity index (χ0n) is 9.72. The van der Waals surface area contributed by atoms with Crippen LogP contribution in [-0.4, -0.2) is 24.1 Å². The van der Waals surface area contributed by atoms with Gasteiger partial charge in [-0.2, -0.15) is 11.8 Å². The first kappa shape index (κ1) is 12.4. The molecule has 1 heterocycles. The van der Waals surface area contributed by atoms with Crippen LogP contribution in [0.1, 0.15) is 46.0 Å². The minimum Gasteiger partial charge on any atom is -0.314 e. The molecule has 1 saturated heterocycles. The summed E-state index contributed by atoms with van der Waals surface area (Å²) < 4.78 is 0. The molecule has 0 aliphatic carbocycles. The summed E-state index contributed by atoms with van der Waals surface area (Å²) in [5, 5.41) is 3.66. The van der Waals surface area contributed by atoms with Gasteiger partial charge in [-0.25, -0.2) is 0 Å². The van der Waals surface area contributed by atoms with Gasteiger partial charge in [0.05, 0.1) is 0 Å². The fourth-order valence-corrected chi connectivity index (χ4v) is 3.33. The van der Waals surface area contributed by atoms with E-state index < -0.39 is 0 Å². The Morgan fingerprint density at radius 3 is 2.57 bits per heavy atom. The SMILES string of the molecule is CCCNC(CC)CC1CCSCC1. The highest BCUT2D eigenvalue weighted by Gasteiger charge is 2.17. The monoisotopic (exact) mass is 215 g/mol. The Morgan fingerprint density at radius 2 is 2.00 bits per heavy atom. The summed E-state index contributed by atoms with van der Waals surface area (Å²) in [5.74, 6) is 3.80. The molecule has 0 aromatic carbocycles. The second-order valence-corrected chi connectivity index (χ2v) is 5.58. The van der Waals surface area contributed by atoms with Crippen LogP contribution in [0.15, 0.2) is 0 Å². The molecular formula is C12H25NS. The first-order valence-electron chi connectivity index (χ1n) is 6.18. The van der Waals surface area contributed by atoms with Crippen molar-refractivity contribution >= 4 is 11.8 Å². The summed E-state index contributed by atoms with van der Waals surface area (Å²) in [5.41, 5.74) is 0. The molecule has 84 valence electrons. The molecule has 2 heteroatoms. The lowest BCUT2D eigenvalue weighted by Crippen LogP contribution is -2.32. The molecule has 14 heavy (non-hydrogen) atoms. The van der Waals surface area contributed by atoms with Crippen LogP contribution in [0.3, 0.4) is 0 Å². The van der Waals surface area contributed by atoms with Gasteiger partial charge in [-0.1, -0.05) is 13.8 Å². The Hall–Kier alpha value is 0.310. The maximum absolute atomic E-state index is 3.66. The van der Waals surface area contributed by atoms with Crippen molar-refractivity contribution in [2.45, 2.75) is 52.0 Å². The summed E-state index contributed by atoms with van der Waals surface area (Å²) >= 11 is 2.13. The number of nitrogens with one attached hydrogen (secondary N) is 1. The minimum absolute atomic E-state index is 0.781. The highest BCUT2D eigenvalue weighted by molar-refractivity contribution is 7.99. The number of hydrogen-bond donors (Lipinski definition) is 1. The van der Waals surface area contributed by atoms with Crippen LogP contribution >= 0.6 is 11.8 Å². The average Bonchev–Trinajstić information content (AvgIpc) is 2.25. The van der Waals surface area contributed by atoms with Crippen LogP contribution in [0.2, 0.25) is 0 Å². The summed E-state index contributed by atoms with van der Waals surface area (Å²) in [6, 6.07) is 0.781. The van der Waals surface area contributed by atoms with E-state index in [9.17, 15) is 0 Å². The van der Waals surface area contributed by atoms with Crippen molar-refractivity contribution in [1.82, 2.24) is 5.32 Å². The van der Waals surface area contributed by atoms with Crippen molar-refractivity contribution in [1.29, 1.82) is 0 Å². The van der Waals surface area contributed by atoms with Crippen molar-refractivity contribution in [3.05, 3.63) is 0 Å². The zero-order valence-corrected chi connectivity index (χ0v) is 10.5. The summed E-state index contributed by atoms with van der Waals surface area (Å²) in [6.45, 7) is 5.75. The Balaban J connectivity index is 2.16. The van der Waals surface area contributed by atoms with E-state index in [1.807, 2.05) is 0 Å². The minimum atomic E-state index is 0.781. The Bertz CT molecular complexity index is 132. The van der Waals surface area contributed by atoms with Gasteiger partial charge in [0.1, 0.15) is 0 Å². The predicted molar refractivity (Wildman–Crippen MR) is 67.0 cm³/mol. The normalized spacial score (nSPS) is 21.0. The lowest BCUT2D eigenvalue weighted by Gasteiger charge is -2.26. The van der Waals surface area contributed by atoms with Gasteiger partial charge in [0, 0.05) is 6.04 Å². The molecule has 0 saturated carbocycles. The van der Waals surface area contributed by atoms with E-state index in [4.69, 9.17) is 0 Å². The van der Waals surface area contributed by atoms with Crippen LogP contribution in [0.25, 0.3) is 0 Å². The molecule has 0 radical (unpaired) electrons. The molecular weight excluding hydrogens is 190 g/mol. The molecule has 1 atom stereocenters. The van der Waals surface area contributed by atoms with Gasteiger partial charge >= 0.3 is 0 Å². The quantitative estimate of drug-likeness (QED) is 0.729. The van der Waals surface area contributed by atoms with Gasteiger partial charge in [0.25, 0.3) is 0 Å². The van der Waals surface area contributed by atoms with Gasteiger partial charge < -0.3 is 5.32 Å². The van der Waals surface area contributed by atoms with Gasteiger partial charge in [0.2, 0.25) is 0 Å². The Labute approximate surface area is 93.4 Å². The topological polar surface area (TPSA) is 12.0 Å². The van der Waals surface area contributed by atoms with Crippen LogP contribution < -0.4 is 5.32 Å². The molecule has 1 N–H and O–H groups in total. The fraction of sp³-hybridized carbons (Fsp3) is 1.00. The van der Waals surface area contributed by atoms with Crippen LogP contribution in [0.4, 0.5) is 0 Å². The van der Waals surface area contributed by atoms with Gasteiger partial charge in [-0.3, -0.25) is 0 Å². The first-order chi connectivity index (χ1) is 6.86. The highest BCUT2D eigenvalue weighted by atomic mass is 32.2. The Kier molecular flexibility index (Phi) is 6.70. The third-order valence-electron chi connectivity index (χ3n) is 3.13. The lowest BCUT2D eigenvalue weighted by molar-refractivity contribution is 0.358. The van der Waals surface area contributed by atoms with E-state index in [1.54, 1.807) is 0 Å². The molecule has 1 aliphatic rings. The van der Waals surface area contributed by atoms with Gasteiger partial charge in [-0.15, -0.1) is 0 Å². The molecule has 1 fully saturated rings. The van der Waals surface area contributed by atoms with E-state index in [2.05, 4.69) is 30.9 Å². The average molecular weight is 215 g/mol. The molecule has 0 amide bonds. The number of rotatable bonds is 6. The standard InChI is InChI=1S/C12H25NS/c1-3-7-13-12(4-2)10-11-5-8-14-9-6-11/h11-13H,3-10H2,1-2H3. The molecule has 0 bridgehead atoms. The molecule has 1 rings (SSSR count). The molecule has 1 unspecified atom stereocenters. The lowest BCUT2D eigenvalue weighted by atomic mass is 9.93.